The Bertz CT molecular complexity index is 1400. The second-order valence-electron chi connectivity index (χ2n) is 12.4. The van der Waals surface area contributed by atoms with Gasteiger partial charge < -0.3 is 35.2 Å². The lowest BCUT2D eigenvalue weighted by Gasteiger charge is -2.29. The van der Waals surface area contributed by atoms with Crippen molar-refractivity contribution < 1.29 is 53.9 Å². The predicted molar refractivity (Wildman–Crippen MR) is 186 cm³/mol. The van der Waals surface area contributed by atoms with E-state index < -0.39 is 47.8 Å². The third-order valence-electron chi connectivity index (χ3n) is 8.33. The zero-order valence-electron chi connectivity index (χ0n) is 29.0. The van der Waals surface area contributed by atoms with Gasteiger partial charge in [-0.15, -0.1) is 0 Å². The Hall–Kier alpha value is -4.71. The van der Waals surface area contributed by atoms with Gasteiger partial charge in [0.2, 0.25) is 5.91 Å². The summed E-state index contributed by atoms with van der Waals surface area (Å²) in [4.78, 5) is 61.2. The van der Waals surface area contributed by atoms with Crippen molar-refractivity contribution in [2.75, 3.05) is 7.11 Å². The molecule has 0 aromatic heterocycles. The highest BCUT2D eigenvalue weighted by Gasteiger charge is 2.49. The van der Waals surface area contributed by atoms with Gasteiger partial charge in [0.05, 0.1) is 19.4 Å². The smallest absolute Gasteiger partial charge is 0.337 e. The van der Waals surface area contributed by atoms with Crippen LogP contribution in [0.3, 0.4) is 0 Å². The van der Waals surface area contributed by atoms with Crippen LogP contribution in [0.25, 0.3) is 0 Å². The number of Topliss-reactive ketones (excluding diaryl/α,β-unsaturated/α-hetero) is 1. The molecule has 1 amide bonds. The maximum absolute atomic E-state index is 13.4. The molecule has 0 saturated carbocycles. The molecule has 0 radical (unpaired) electrons. The van der Waals surface area contributed by atoms with Gasteiger partial charge in [-0.1, -0.05) is 69.7 Å². The standard InChI is InChI=1S/C38H51NO11/c1-3-4-5-8-11-14-28(40)15-12-9-6-7-10-13-16-32(38(48,37(46)47)26-34(41)42)35(43)39-33(36(44)45)25-27-17-19-30(20-18-27)50-31-23-21-29(49-2)22-24-31/h13,16-24,32-33,48H,3-12,14-15,25-26H2,1-2H3,(H,39,43)(H,41,42)(H,44,45)(H,46,47)/b16-13+/t32-,33+,38+/m1/s1. The summed E-state index contributed by atoms with van der Waals surface area (Å²) in [6.07, 6.45) is 11.1. The number of rotatable bonds is 26. The second-order valence-corrected chi connectivity index (χ2v) is 12.4. The number of nitrogens with one attached hydrogen (secondary N) is 1. The molecule has 0 bridgehead atoms. The quantitative estimate of drug-likeness (QED) is 0.0544. The van der Waals surface area contributed by atoms with Crippen LogP contribution in [-0.4, -0.2) is 68.8 Å². The number of ether oxygens (including phenoxy) is 2. The number of methoxy groups -OCH3 is 1. The number of amides is 1. The van der Waals surface area contributed by atoms with Crippen LogP contribution in [0.1, 0.15) is 96.0 Å². The number of aliphatic hydroxyl groups is 1. The number of benzene rings is 2. The first-order chi connectivity index (χ1) is 23.9. The van der Waals surface area contributed by atoms with E-state index in [1.54, 1.807) is 55.6 Å². The highest BCUT2D eigenvalue weighted by Crippen LogP contribution is 2.27. The van der Waals surface area contributed by atoms with E-state index in [0.717, 1.165) is 51.0 Å². The van der Waals surface area contributed by atoms with E-state index in [-0.39, 0.29) is 12.2 Å². The first-order valence-corrected chi connectivity index (χ1v) is 17.2. The molecule has 0 saturated heterocycles. The molecule has 12 nitrogen and oxygen atoms in total. The average Bonchev–Trinajstić information content (AvgIpc) is 3.07. The maximum atomic E-state index is 13.4. The van der Waals surface area contributed by atoms with Crippen molar-refractivity contribution in [2.45, 2.75) is 108 Å². The van der Waals surface area contributed by atoms with E-state index in [0.29, 0.717) is 48.5 Å². The van der Waals surface area contributed by atoms with E-state index in [9.17, 15) is 44.4 Å². The number of hydrogen-bond acceptors (Lipinski definition) is 8. The van der Waals surface area contributed by atoms with Crippen molar-refractivity contribution >= 4 is 29.6 Å². The number of hydrogen-bond donors (Lipinski definition) is 5. The Kier molecular flexibility index (Phi) is 18.3. The third kappa shape index (κ3) is 14.8. The Balaban J connectivity index is 2.01. The SMILES string of the molecule is CCCCCCCC(=O)CCCCCC/C=C/[C@H](C(=O)N[C@@H](Cc1ccc(Oc2ccc(OC)cc2)cc1)C(=O)O)[C@@](O)(CC(=O)O)C(=O)O. The van der Waals surface area contributed by atoms with Gasteiger partial charge in [-0.3, -0.25) is 14.4 Å². The van der Waals surface area contributed by atoms with Gasteiger partial charge in [0.1, 0.15) is 29.1 Å². The van der Waals surface area contributed by atoms with Crippen molar-refractivity contribution in [3.63, 3.8) is 0 Å². The van der Waals surface area contributed by atoms with Gasteiger partial charge in [0.25, 0.3) is 0 Å². The Morgan fingerprint density at radius 2 is 1.32 bits per heavy atom. The van der Waals surface area contributed by atoms with Gasteiger partial charge >= 0.3 is 17.9 Å². The van der Waals surface area contributed by atoms with E-state index >= 15 is 0 Å². The van der Waals surface area contributed by atoms with Crippen molar-refractivity contribution in [2.24, 2.45) is 5.92 Å². The molecule has 2 aromatic rings. The molecule has 12 heteroatoms. The van der Waals surface area contributed by atoms with Crippen LogP contribution in [0.5, 0.6) is 17.2 Å². The average molecular weight is 698 g/mol. The zero-order valence-corrected chi connectivity index (χ0v) is 29.0. The van der Waals surface area contributed by atoms with Crippen LogP contribution in [0.2, 0.25) is 0 Å². The number of carbonyl (C=O) groups is 5. The lowest BCUT2D eigenvalue weighted by atomic mass is 9.82. The van der Waals surface area contributed by atoms with Crippen molar-refractivity contribution in [1.82, 2.24) is 5.32 Å². The lowest BCUT2D eigenvalue weighted by Crippen LogP contribution is -2.55. The number of ketones is 1. The summed E-state index contributed by atoms with van der Waals surface area (Å²) < 4.78 is 10.9. The minimum Gasteiger partial charge on any atom is -0.497 e. The molecule has 0 aliphatic rings. The molecular formula is C38H51NO11. The number of allylic oxidation sites excluding steroid dienone is 1. The van der Waals surface area contributed by atoms with Crippen LogP contribution in [0, 0.1) is 5.92 Å². The fourth-order valence-electron chi connectivity index (χ4n) is 5.40. The summed E-state index contributed by atoms with van der Waals surface area (Å²) in [5, 5.41) is 42.2. The molecule has 0 spiro atoms. The minimum absolute atomic E-state index is 0.188. The van der Waals surface area contributed by atoms with Crippen LogP contribution in [-0.2, 0) is 30.4 Å². The Morgan fingerprint density at radius 3 is 1.84 bits per heavy atom. The summed E-state index contributed by atoms with van der Waals surface area (Å²) in [5.41, 5.74) is -2.52. The maximum Gasteiger partial charge on any atom is 0.337 e. The number of aliphatic carboxylic acids is 3. The van der Waals surface area contributed by atoms with Gasteiger partial charge in [0, 0.05) is 19.3 Å². The predicted octanol–water partition coefficient (Wildman–Crippen LogP) is 6.33. The van der Waals surface area contributed by atoms with E-state index in [1.165, 1.54) is 12.5 Å². The van der Waals surface area contributed by atoms with Crippen molar-refractivity contribution in [1.29, 1.82) is 0 Å². The summed E-state index contributed by atoms with van der Waals surface area (Å²) in [7, 11) is 1.55. The van der Waals surface area contributed by atoms with Gasteiger partial charge in [0.15, 0.2) is 5.60 Å². The highest BCUT2D eigenvalue weighted by atomic mass is 16.5. The molecule has 2 rings (SSSR count). The first-order valence-electron chi connectivity index (χ1n) is 17.2. The van der Waals surface area contributed by atoms with Crippen LogP contribution < -0.4 is 14.8 Å². The number of carbonyl (C=O) groups excluding carboxylic acids is 2. The normalized spacial score (nSPS) is 13.6. The molecule has 2 aromatic carbocycles. The first kappa shape index (κ1) is 41.5. The zero-order chi connectivity index (χ0) is 36.9. The Morgan fingerprint density at radius 1 is 0.780 bits per heavy atom. The molecule has 0 aliphatic heterocycles. The van der Waals surface area contributed by atoms with Gasteiger partial charge in [-0.25, -0.2) is 9.59 Å². The molecule has 5 N–H and O–H groups in total. The molecule has 0 heterocycles. The van der Waals surface area contributed by atoms with E-state index in [4.69, 9.17) is 9.47 Å². The Labute approximate surface area is 293 Å². The molecule has 3 atom stereocenters. The summed E-state index contributed by atoms with van der Waals surface area (Å²) in [6, 6.07) is 11.9. The number of carboxylic acid groups (broad SMARTS) is 3. The van der Waals surface area contributed by atoms with E-state index in [1.807, 2.05) is 0 Å². The molecule has 0 unspecified atom stereocenters. The molecular weight excluding hydrogens is 646 g/mol. The fraction of sp³-hybridized carbons (Fsp3) is 0.500. The second kappa shape index (κ2) is 22.1. The molecule has 0 fully saturated rings. The van der Waals surface area contributed by atoms with Crippen LogP contribution >= 0.6 is 0 Å². The monoisotopic (exact) mass is 697 g/mol. The lowest BCUT2D eigenvalue weighted by molar-refractivity contribution is -0.172. The molecule has 274 valence electrons. The van der Waals surface area contributed by atoms with Crippen molar-refractivity contribution in [3.05, 3.63) is 66.2 Å². The summed E-state index contributed by atoms with van der Waals surface area (Å²) in [6.45, 7) is 2.15. The van der Waals surface area contributed by atoms with E-state index in [2.05, 4.69) is 12.2 Å². The summed E-state index contributed by atoms with van der Waals surface area (Å²) >= 11 is 0. The van der Waals surface area contributed by atoms with Crippen LogP contribution in [0.4, 0.5) is 0 Å². The number of unbranched alkanes of at least 4 members (excludes halogenated alkanes) is 8. The minimum atomic E-state index is -3.03. The van der Waals surface area contributed by atoms with Gasteiger partial charge in [-0.2, -0.15) is 0 Å². The van der Waals surface area contributed by atoms with Crippen LogP contribution in [0.15, 0.2) is 60.7 Å². The van der Waals surface area contributed by atoms with Crippen molar-refractivity contribution in [3.8, 4) is 17.2 Å². The highest BCUT2D eigenvalue weighted by molar-refractivity contribution is 5.94. The van der Waals surface area contributed by atoms with Gasteiger partial charge in [-0.05, 0) is 67.6 Å². The topological polar surface area (TPSA) is 197 Å². The fourth-order valence-corrected chi connectivity index (χ4v) is 5.40. The summed E-state index contributed by atoms with van der Waals surface area (Å²) in [5.74, 6) is -6.08. The largest absolute Gasteiger partial charge is 0.497 e. The molecule has 50 heavy (non-hydrogen) atoms. The molecule has 0 aliphatic carbocycles. The number of carboxylic acids is 3. The third-order valence-corrected chi connectivity index (χ3v) is 8.33.